The predicted octanol–water partition coefficient (Wildman–Crippen LogP) is 5.76. The van der Waals surface area contributed by atoms with Gasteiger partial charge in [-0.1, -0.05) is 48.5 Å². The molecule has 1 aromatic heterocycles. The van der Waals surface area contributed by atoms with Crippen LogP contribution in [0.25, 0.3) is 22.0 Å². The second kappa shape index (κ2) is 6.92. The van der Waals surface area contributed by atoms with E-state index in [9.17, 15) is 8.78 Å². The minimum atomic E-state index is -0.607. The van der Waals surface area contributed by atoms with Crippen molar-refractivity contribution in [2.45, 2.75) is 6.61 Å². The first kappa shape index (κ1) is 16.2. The molecule has 0 aliphatic rings. The van der Waals surface area contributed by atoms with E-state index in [0.29, 0.717) is 16.8 Å². The molecule has 128 valence electrons. The third-order valence-electron chi connectivity index (χ3n) is 4.21. The fourth-order valence-corrected chi connectivity index (χ4v) is 2.92. The monoisotopic (exact) mass is 347 g/mol. The first-order valence-corrected chi connectivity index (χ1v) is 8.23. The van der Waals surface area contributed by atoms with Gasteiger partial charge in [-0.15, -0.1) is 0 Å². The lowest BCUT2D eigenvalue weighted by molar-refractivity contribution is 0.302. The van der Waals surface area contributed by atoms with Crippen LogP contribution in [0, 0.1) is 11.6 Å². The zero-order valence-electron chi connectivity index (χ0n) is 13.8. The Balaban J connectivity index is 1.67. The van der Waals surface area contributed by atoms with Crippen molar-refractivity contribution in [3.63, 3.8) is 0 Å². The molecule has 4 aromatic rings. The Kier molecular flexibility index (Phi) is 4.32. The van der Waals surface area contributed by atoms with E-state index >= 15 is 0 Å². The number of hydrogen-bond donors (Lipinski definition) is 0. The van der Waals surface area contributed by atoms with Crippen LogP contribution in [0.3, 0.4) is 0 Å². The van der Waals surface area contributed by atoms with E-state index in [2.05, 4.69) is 4.98 Å². The number of aromatic nitrogens is 1. The van der Waals surface area contributed by atoms with Crippen molar-refractivity contribution in [1.82, 2.24) is 4.98 Å². The molecule has 1 heterocycles. The lowest BCUT2D eigenvalue weighted by Gasteiger charge is -2.12. The number of ether oxygens (including phenoxy) is 1. The molecular weight excluding hydrogens is 332 g/mol. The molecule has 2 nitrogen and oxygen atoms in total. The SMILES string of the molecule is Fc1ccc(COc2cccc3cccnc23)c(F)c1-c1ccccc1. The Hall–Kier alpha value is -3.27. The van der Waals surface area contributed by atoms with Crippen molar-refractivity contribution in [1.29, 1.82) is 0 Å². The Morgan fingerprint density at radius 2 is 1.62 bits per heavy atom. The van der Waals surface area contributed by atoms with Gasteiger partial charge in [-0.25, -0.2) is 8.78 Å². The van der Waals surface area contributed by atoms with Gasteiger partial charge < -0.3 is 4.74 Å². The molecule has 4 rings (SSSR count). The highest BCUT2D eigenvalue weighted by atomic mass is 19.1. The second-order valence-electron chi connectivity index (χ2n) is 5.88. The van der Waals surface area contributed by atoms with Crippen LogP contribution in [0.15, 0.2) is 79.0 Å². The molecule has 26 heavy (non-hydrogen) atoms. The molecule has 3 aromatic carbocycles. The maximum Gasteiger partial charge on any atom is 0.146 e. The topological polar surface area (TPSA) is 22.1 Å². The Labute approximate surface area is 149 Å². The fourth-order valence-electron chi connectivity index (χ4n) is 2.92. The van der Waals surface area contributed by atoms with Crippen LogP contribution < -0.4 is 4.74 Å². The Morgan fingerprint density at radius 3 is 2.46 bits per heavy atom. The van der Waals surface area contributed by atoms with Crippen molar-refractivity contribution < 1.29 is 13.5 Å². The zero-order valence-corrected chi connectivity index (χ0v) is 13.8. The number of para-hydroxylation sites is 1. The van der Waals surface area contributed by atoms with Crippen LogP contribution >= 0.6 is 0 Å². The minimum Gasteiger partial charge on any atom is -0.487 e. The zero-order chi connectivity index (χ0) is 17.9. The third-order valence-corrected chi connectivity index (χ3v) is 4.21. The number of halogens is 2. The first-order valence-electron chi connectivity index (χ1n) is 8.23. The molecule has 0 N–H and O–H groups in total. The molecule has 0 fully saturated rings. The van der Waals surface area contributed by atoms with Crippen molar-refractivity contribution in [3.05, 3.63) is 96.2 Å². The lowest BCUT2D eigenvalue weighted by Crippen LogP contribution is -2.02. The Bertz CT molecular complexity index is 1060. The lowest BCUT2D eigenvalue weighted by atomic mass is 10.0. The molecule has 0 radical (unpaired) electrons. The average Bonchev–Trinajstić information content (AvgIpc) is 2.68. The molecule has 0 spiro atoms. The summed E-state index contributed by atoms with van der Waals surface area (Å²) in [6, 6.07) is 20.7. The van der Waals surface area contributed by atoms with Crippen LogP contribution in [0.5, 0.6) is 5.75 Å². The summed E-state index contributed by atoms with van der Waals surface area (Å²) in [6.45, 7) is -0.0123. The highest BCUT2D eigenvalue weighted by molar-refractivity contribution is 5.84. The highest BCUT2D eigenvalue weighted by Crippen LogP contribution is 2.29. The molecule has 0 aliphatic heterocycles. The smallest absolute Gasteiger partial charge is 0.146 e. The number of pyridine rings is 1. The highest BCUT2D eigenvalue weighted by Gasteiger charge is 2.16. The third kappa shape index (κ3) is 3.02. The van der Waals surface area contributed by atoms with E-state index in [1.54, 1.807) is 42.6 Å². The summed E-state index contributed by atoms with van der Waals surface area (Å²) < 4.78 is 34.9. The van der Waals surface area contributed by atoms with Gasteiger partial charge in [0.1, 0.15) is 29.5 Å². The van der Waals surface area contributed by atoms with Gasteiger partial charge in [0.25, 0.3) is 0 Å². The van der Waals surface area contributed by atoms with Crippen molar-refractivity contribution in [3.8, 4) is 16.9 Å². The van der Waals surface area contributed by atoms with Crippen molar-refractivity contribution in [2.75, 3.05) is 0 Å². The number of fused-ring (bicyclic) bond motifs is 1. The normalized spacial score (nSPS) is 10.8. The minimum absolute atomic E-state index is 0.0123. The van der Waals surface area contributed by atoms with Gasteiger partial charge in [-0.2, -0.15) is 0 Å². The van der Waals surface area contributed by atoms with Crippen LogP contribution in [-0.2, 0) is 6.61 Å². The van der Waals surface area contributed by atoms with E-state index in [0.717, 1.165) is 5.39 Å². The summed E-state index contributed by atoms with van der Waals surface area (Å²) in [7, 11) is 0. The summed E-state index contributed by atoms with van der Waals surface area (Å²) in [4.78, 5) is 4.32. The molecular formula is C22H15F2NO. The quantitative estimate of drug-likeness (QED) is 0.468. The number of nitrogens with zero attached hydrogens (tertiary/aromatic N) is 1. The fraction of sp³-hybridized carbons (Fsp3) is 0.0455. The number of rotatable bonds is 4. The van der Waals surface area contributed by atoms with Crippen molar-refractivity contribution in [2.24, 2.45) is 0 Å². The first-order chi connectivity index (χ1) is 12.7. The molecule has 0 unspecified atom stereocenters. The van der Waals surface area contributed by atoms with E-state index in [1.165, 1.54) is 12.1 Å². The standard InChI is InChI=1S/C22H15F2NO/c23-18-12-11-17(21(24)20(18)15-6-2-1-3-7-15)14-26-19-10-4-8-16-9-5-13-25-22(16)19/h1-13H,14H2. The number of benzene rings is 3. The molecule has 0 aliphatic carbocycles. The molecule has 0 saturated heterocycles. The van der Waals surface area contributed by atoms with E-state index < -0.39 is 11.6 Å². The molecule has 0 amide bonds. The number of hydrogen-bond acceptors (Lipinski definition) is 2. The molecule has 0 atom stereocenters. The van der Waals surface area contributed by atoms with Gasteiger partial charge in [0, 0.05) is 17.1 Å². The summed E-state index contributed by atoms with van der Waals surface area (Å²) in [5.74, 6) is -0.637. The van der Waals surface area contributed by atoms with Crippen LogP contribution in [0.4, 0.5) is 8.78 Å². The maximum absolute atomic E-state index is 14.9. The van der Waals surface area contributed by atoms with Gasteiger partial charge in [-0.3, -0.25) is 4.98 Å². The van der Waals surface area contributed by atoms with Gasteiger partial charge in [0.15, 0.2) is 0 Å². The summed E-state index contributed by atoms with van der Waals surface area (Å²) in [5, 5.41) is 0.939. The Morgan fingerprint density at radius 1 is 0.808 bits per heavy atom. The van der Waals surface area contributed by atoms with Crippen molar-refractivity contribution >= 4 is 10.9 Å². The maximum atomic E-state index is 14.9. The summed E-state index contributed by atoms with van der Waals surface area (Å²) in [5.41, 5.74) is 1.46. The molecule has 4 heteroatoms. The van der Waals surface area contributed by atoms with Gasteiger partial charge in [-0.05, 0) is 29.8 Å². The molecule has 0 saturated carbocycles. The van der Waals surface area contributed by atoms with Gasteiger partial charge in [0.2, 0.25) is 0 Å². The van der Waals surface area contributed by atoms with E-state index in [4.69, 9.17) is 4.74 Å². The van der Waals surface area contributed by atoms with Crippen LogP contribution in [-0.4, -0.2) is 4.98 Å². The predicted molar refractivity (Wildman–Crippen MR) is 97.9 cm³/mol. The average molecular weight is 347 g/mol. The van der Waals surface area contributed by atoms with Gasteiger partial charge in [0.05, 0.1) is 5.56 Å². The van der Waals surface area contributed by atoms with E-state index in [1.807, 2.05) is 24.3 Å². The van der Waals surface area contributed by atoms with Crippen LogP contribution in [0.2, 0.25) is 0 Å². The molecule has 0 bridgehead atoms. The second-order valence-corrected chi connectivity index (χ2v) is 5.88. The summed E-state index contributed by atoms with van der Waals surface area (Å²) in [6.07, 6.45) is 1.68. The largest absolute Gasteiger partial charge is 0.487 e. The van der Waals surface area contributed by atoms with Crippen LogP contribution in [0.1, 0.15) is 5.56 Å². The van der Waals surface area contributed by atoms with E-state index in [-0.39, 0.29) is 17.7 Å². The van der Waals surface area contributed by atoms with Gasteiger partial charge >= 0.3 is 0 Å². The summed E-state index contributed by atoms with van der Waals surface area (Å²) >= 11 is 0.